The first-order valence-corrected chi connectivity index (χ1v) is 7.20. The van der Waals surface area contributed by atoms with Crippen molar-refractivity contribution in [3.05, 3.63) is 54.2 Å². The molecule has 0 aliphatic carbocycles. The highest BCUT2D eigenvalue weighted by molar-refractivity contribution is 5.89. The van der Waals surface area contributed by atoms with Crippen molar-refractivity contribution in [2.45, 2.75) is 19.5 Å². The van der Waals surface area contributed by atoms with E-state index in [2.05, 4.69) is 10.3 Å². The third-order valence-corrected chi connectivity index (χ3v) is 3.68. The Morgan fingerprint density at radius 1 is 1.36 bits per heavy atom. The Kier molecular flexibility index (Phi) is 4.18. The van der Waals surface area contributed by atoms with Crippen LogP contribution >= 0.6 is 0 Å². The number of nitrogens with one attached hydrogen (secondary N) is 1. The number of pyridine rings is 1. The number of hydrogen-bond acceptors (Lipinski definition) is 4. The molecule has 0 bridgehead atoms. The van der Waals surface area contributed by atoms with E-state index in [9.17, 15) is 9.59 Å². The number of aromatic nitrogens is 1. The molecule has 1 N–H and O–H groups in total. The van der Waals surface area contributed by atoms with E-state index in [1.54, 1.807) is 23.4 Å². The summed E-state index contributed by atoms with van der Waals surface area (Å²) in [4.78, 5) is 30.0. The molecule has 1 atom stereocenters. The van der Waals surface area contributed by atoms with Crippen molar-refractivity contribution in [3.63, 3.8) is 0 Å². The molecular weight excluding hydrogens is 282 g/mol. The molecule has 2 aromatic rings. The van der Waals surface area contributed by atoms with E-state index in [0.29, 0.717) is 19.6 Å². The van der Waals surface area contributed by atoms with Gasteiger partial charge in [-0.25, -0.2) is 0 Å². The molecular formula is C16H17N3O3. The number of rotatable bonds is 5. The van der Waals surface area contributed by atoms with Gasteiger partial charge in [-0.05, 0) is 24.3 Å². The van der Waals surface area contributed by atoms with Crippen LogP contribution in [0.2, 0.25) is 0 Å². The maximum atomic E-state index is 12.2. The first-order chi connectivity index (χ1) is 10.7. The Balaban J connectivity index is 1.52. The third kappa shape index (κ3) is 3.33. The SMILES string of the molecule is O=C(NCc1ccccn1)C1CC(=O)N(Cc2ccco2)C1. The summed E-state index contributed by atoms with van der Waals surface area (Å²) in [5.41, 5.74) is 0.799. The molecule has 1 fully saturated rings. The van der Waals surface area contributed by atoms with Gasteiger partial charge in [0, 0.05) is 19.2 Å². The van der Waals surface area contributed by atoms with E-state index >= 15 is 0 Å². The summed E-state index contributed by atoms with van der Waals surface area (Å²) in [6.07, 6.45) is 3.51. The lowest BCUT2D eigenvalue weighted by Gasteiger charge is -2.15. The van der Waals surface area contributed by atoms with Gasteiger partial charge in [-0.15, -0.1) is 0 Å². The fourth-order valence-electron chi connectivity index (χ4n) is 2.52. The molecule has 0 saturated carbocycles. The lowest BCUT2D eigenvalue weighted by molar-refractivity contribution is -0.129. The van der Waals surface area contributed by atoms with Gasteiger partial charge in [-0.2, -0.15) is 0 Å². The number of nitrogens with zero attached hydrogens (tertiary/aromatic N) is 2. The van der Waals surface area contributed by atoms with E-state index in [1.807, 2.05) is 24.3 Å². The maximum absolute atomic E-state index is 12.2. The molecule has 0 radical (unpaired) electrons. The Bertz CT molecular complexity index is 640. The normalized spacial score (nSPS) is 17.7. The molecule has 114 valence electrons. The van der Waals surface area contributed by atoms with Crippen LogP contribution in [0.1, 0.15) is 17.9 Å². The first kappa shape index (κ1) is 14.3. The highest BCUT2D eigenvalue weighted by Crippen LogP contribution is 2.20. The molecule has 1 unspecified atom stereocenters. The first-order valence-electron chi connectivity index (χ1n) is 7.20. The summed E-state index contributed by atoms with van der Waals surface area (Å²) in [7, 11) is 0. The van der Waals surface area contributed by atoms with Crippen LogP contribution in [0, 0.1) is 5.92 Å². The summed E-state index contributed by atoms with van der Waals surface area (Å²) < 4.78 is 5.24. The number of amides is 2. The monoisotopic (exact) mass is 299 g/mol. The van der Waals surface area contributed by atoms with Gasteiger partial charge in [0.25, 0.3) is 0 Å². The van der Waals surface area contributed by atoms with E-state index in [1.165, 1.54) is 0 Å². The standard InChI is InChI=1S/C16H17N3O3/c20-15-8-12(10-19(15)11-14-5-3-7-22-14)16(21)18-9-13-4-1-2-6-17-13/h1-7,12H,8-11H2,(H,18,21). The van der Waals surface area contributed by atoms with Crippen LogP contribution in [0.15, 0.2) is 47.2 Å². The lowest BCUT2D eigenvalue weighted by Crippen LogP contribution is -2.32. The van der Waals surface area contributed by atoms with Crippen LogP contribution in [0.4, 0.5) is 0 Å². The van der Waals surface area contributed by atoms with Crippen LogP contribution in [-0.2, 0) is 22.7 Å². The minimum atomic E-state index is -0.314. The van der Waals surface area contributed by atoms with Gasteiger partial charge >= 0.3 is 0 Å². The Labute approximate surface area is 128 Å². The second-order valence-corrected chi connectivity index (χ2v) is 5.29. The summed E-state index contributed by atoms with van der Waals surface area (Å²) in [6.45, 7) is 1.21. The Hall–Kier alpha value is -2.63. The summed E-state index contributed by atoms with van der Waals surface area (Å²) in [6, 6.07) is 9.16. The van der Waals surface area contributed by atoms with E-state index in [0.717, 1.165) is 11.5 Å². The molecule has 1 saturated heterocycles. The molecule has 22 heavy (non-hydrogen) atoms. The van der Waals surface area contributed by atoms with Crippen molar-refractivity contribution in [2.75, 3.05) is 6.54 Å². The molecule has 1 aliphatic heterocycles. The fourth-order valence-corrected chi connectivity index (χ4v) is 2.52. The summed E-state index contributed by atoms with van der Waals surface area (Å²) >= 11 is 0. The topological polar surface area (TPSA) is 75.4 Å². The molecule has 3 heterocycles. The zero-order valence-corrected chi connectivity index (χ0v) is 12.1. The molecule has 1 aliphatic rings. The summed E-state index contributed by atoms with van der Waals surface area (Å²) in [5.74, 6) is 0.282. The number of carbonyl (C=O) groups excluding carboxylic acids is 2. The minimum absolute atomic E-state index is 0.0191. The molecule has 2 amide bonds. The van der Waals surface area contributed by atoms with E-state index in [-0.39, 0.29) is 24.2 Å². The van der Waals surface area contributed by atoms with E-state index < -0.39 is 0 Å². The predicted molar refractivity (Wildman–Crippen MR) is 78.3 cm³/mol. The van der Waals surface area contributed by atoms with Gasteiger partial charge in [0.1, 0.15) is 5.76 Å². The maximum Gasteiger partial charge on any atom is 0.225 e. The van der Waals surface area contributed by atoms with Crippen molar-refractivity contribution in [2.24, 2.45) is 5.92 Å². The smallest absolute Gasteiger partial charge is 0.225 e. The average molecular weight is 299 g/mol. The molecule has 3 rings (SSSR count). The van der Waals surface area contributed by atoms with Gasteiger partial charge in [0.2, 0.25) is 11.8 Å². The average Bonchev–Trinajstić information content (AvgIpc) is 3.17. The number of carbonyl (C=O) groups is 2. The van der Waals surface area contributed by atoms with Gasteiger partial charge in [0.15, 0.2) is 0 Å². The number of hydrogen-bond donors (Lipinski definition) is 1. The van der Waals surface area contributed by atoms with Gasteiger partial charge in [-0.3, -0.25) is 14.6 Å². The Morgan fingerprint density at radius 3 is 3.00 bits per heavy atom. The second-order valence-electron chi connectivity index (χ2n) is 5.29. The van der Waals surface area contributed by atoms with Crippen LogP contribution in [0.25, 0.3) is 0 Å². The third-order valence-electron chi connectivity index (χ3n) is 3.68. The highest BCUT2D eigenvalue weighted by atomic mass is 16.3. The van der Waals surface area contributed by atoms with Crippen molar-refractivity contribution in [3.8, 4) is 0 Å². The van der Waals surface area contributed by atoms with Crippen LogP contribution in [-0.4, -0.2) is 28.2 Å². The van der Waals surface area contributed by atoms with E-state index in [4.69, 9.17) is 4.42 Å². The predicted octanol–water partition coefficient (Wildman–Crippen LogP) is 1.34. The molecule has 6 heteroatoms. The molecule has 0 aromatic carbocycles. The fraction of sp³-hybridized carbons (Fsp3) is 0.312. The van der Waals surface area contributed by atoms with Crippen molar-refractivity contribution < 1.29 is 14.0 Å². The molecule has 0 spiro atoms. The van der Waals surface area contributed by atoms with Gasteiger partial charge in [-0.1, -0.05) is 6.07 Å². The molecule has 2 aromatic heterocycles. The quantitative estimate of drug-likeness (QED) is 0.904. The highest BCUT2D eigenvalue weighted by Gasteiger charge is 2.34. The number of furan rings is 1. The summed E-state index contributed by atoms with van der Waals surface area (Å²) in [5, 5.41) is 2.84. The zero-order chi connectivity index (χ0) is 15.4. The van der Waals surface area contributed by atoms with Crippen molar-refractivity contribution in [1.29, 1.82) is 0 Å². The van der Waals surface area contributed by atoms with Crippen LogP contribution < -0.4 is 5.32 Å². The molecule has 6 nitrogen and oxygen atoms in total. The lowest BCUT2D eigenvalue weighted by atomic mass is 10.1. The van der Waals surface area contributed by atoms with Crippen LogP contribution in [0.5, 0.6) is 0 Å². The van der Waals surface area contributed by atoms with Gasteiger partial charge < -0.3 is 14.6 Å². The second kappa shape index (κ2) is 6.43. The zero-order valence-electron chi connectivity index (χ0n) is 12.1. The Morgan fingerprint density at radius 2 is 2.27 bits per heavy atom. The van der Waals surface area contributed by atoms with Gasteiger partial charge in [0.05, 0.1) is 31.0 Å². The largest absolute Gasteiger partial charge is 0.467 e. The van der Waals surface area contributed by atoms with Crippen molar-refractivity contribution >= 4 is 11.8 Å². The minimum Gasteiger partial charge on any atom is -0.467 e. The van der Waals surface area contributed by atoms with Crippen LogP contribution in [0.3, 0.4) is 0 Å². The van der Waals surface area contributed by atoms with Crippen molar-refractivity contribution in [1.82, 2.24) is 15.2 Å². The number of likely N-dealkylation sites (tertiary alicyclic amines) is 1.